The van der Waals surface area contributed by atoms with E-state index in [4.69, 9.17) is 5.11 Å². The Morgan fingerprint density at radius 2 is 2.08 bits per heavy atom. The van der Waals surface area contributed by atoms with Crippen LogP contribution < -0.4 is 5.32 Å². The van der Waals surface area contributed by atoms with Crippen LogP contribution in [0, 0.1) is 0 Å². The molecule has 0 fully saturated rings. The summed E-state index contributed by atoms with van der Waals surface area (Å²) in [5.41, 5.74) is 0. The van der Waals surface area contributed by atoms with Gasteiger partial charge in [-0.3, -0.25) is 0 Å². The lowest BCUT2D eigenvalue weighted by molar-refractivity contribution is 0.00801. The van der Waals surface area contributed by atoms with E-state index in [0.717, 1.165) is 0 Å². The molecule has 0 spiro atoms. The summed E-state index contributed by atoms with van der Waals surface area (Å²) in [4.78, 5) is 0. The molecule has 0 rings (SSSR count). The number of alkyl halides is 2. The standard InChI is InChI=1S/C7H15F2NO2/c1-10-6(2-3-11)4-12-5-7(8)9/h6-7,10-11H,2-5H2,1H3. The maximum atomic E-state index is 11.6. The highest BCUT2D eigenvalue weighted by molar-refractivity contribution is 4.62. The van der Waals surface area contributed by atoms with Gasteiger partial charge in [0.05, 0.1) is 6.61 Å². The lowest BCUT2D eigenvalue weighted by Gasteiger charge is -2.14. The average Bonchev–Trinajstić information content (AvgIpc) is 2.02. The third kappa shape index (κ3) is 6.45. The van der Waals surface area contributed by atoms with Crippen LogP contribution in [0.4, 0.5) is 8.78 Å². The summed E-state index contributed by atoms with van der Waals surface area (Å²) in [6.07, 6.45) is -1.91. The first-order valence-electron chi connectivity index (χ1n) is 3.84. The van der Waals surface area contributed by atoms with Crippen molar-refractivity contribution in [3.63, 3.8) is 0 Å². The fraction of sp³-hybridized carbons (Fsp3) is 1.00. The SMILES string of the molecule is CNC(CCO)COCC(F)F. The first kappa shape index (κ1) is 11.7. The van der Waals surface area contributed by atoms with Gasteiger partial charge < -0.3 is 15.2 Å². The van der Waals surface area contributed by atoms with Crippen LogP contribution >= 0.6 is 0 Å². The smallest absolute Gasteiger partial charge is 0.261 e. The minimum atomic E-state index is -2.42. The Kier molecular flexibility index (Phi) is 7.23. The van der Waals surface area contributed by atoms with Gasteiger partial charge in [0, 0.05) is 12.6 Å². The van der Waals surface area contributed by atoms with Gasteiger partial charge in [0.2, 0.25) is 0 Å². The Balaban J connectivity index is 3.31. The van der Waals surface area contributed by atoms with Crippen molar-refractivity contribution in [2.75, 3.05) is 26.9 Å². The lowest BCUT2D eigenvalue weighted by Crippen LogP contribution is -2.32. The predicted octanol–water partition coefficient (Wildman–Crippen LogP) is 0.238. The molecule has 0 radical (unpaired) electrons. The van der Waals surface area contributed by atoms with E-state index in [-0.39, 0.29) is 19.3 Å². The number of halogens is 2. The molecule has 0 aliphatic carbocycles. The Hall–Kier alpha value is -0.260. The minimum Gasteiger partial charge on any atom is -0.396 e. The van der Waals surface area contributed by atoms with Crippen molar-refractivity contribution < 1.29 is 18.6 Å². The van der Waals surface area contributed by atoms with Crippen LogP contribution in [0.25, 0.3) is 0 Å². The summed E-state index contributed by atoms with van der Waals surface area (Å²) in [7, 11) is 1.70. The minimum absolute atomic E-state index is 0.0313. The van der Waals surface area contributed by atoms with E-state index in [9.17, 15) is 8.78 Å². The van der Waals surface area contributed by atoms with E-state index < -0.39 is 13.0 Å². The van der Waals surface area contributed by atoms with Gasteiger partial charge >= 0.3 is 0 Å². The molecule has 0 aliphatic rings. The molecular formula is C7H15F2NO2. The van der Waals surface area contributed by atoms with Crippen LogP contribution in [0.1, 0.15) is 6.42 Å². The number of aliphatic hydroxyl groups excluding tert-OH is 1. The molecule has 74 valence electrons. The second kappa shape index (κ2) is 7.39. The molecule has 0 aromatic carbocycles. The highest BCUT2D eigenvalue weighted by atomic mass is 19.3. The summed E-state index contributed by atoms with van der Waals surface area (Å²) < 4.78 is 27.8. The van der Waals surface area contributed by atoms with E-state index in [1.165, 1.54) is 0 Å². The summed E-state index contributed by atoms with van der Waals surface area (Å²) in [6.45, 7) is -0.297. The van der Waals surface area contributed by atoms with E-state index in [1.807, 2.05) is 0 Å². The van der Waals surface area contributed by atoms with Crippen LogP contribution in [0.3, 0.4) is 0 Å². The van der Waals surface area contributed by atoms with Crippen molar-refractivity contribution in [3.8, 4) is 0 Å². The van der Waals surface area contributed by atoms with E-state index >= 15 is 0 Å². The zero-order chi connectivity index (χ0) is 9.40. The van der Waals surface area contributed by atoms with Gasteiger partial charge in [-0.2, -0.15) is 0 Å². The van der Waals surface area contributed by atoms with Gasteiger partial charge in [-0.25, -0.2) is 8.78 Å². The molecule has 0 aliphatic heterocycles. The van der Waals surface area contributed by atoms with E-state index in [0.29, 0.717) is 6.42 Å². The highest BCUT2D eigenvalue weighted by Gasteiger charge is 2.07. The van der Waals surface area contributed by atoms with Crippen LogP contribution in [0.15, 0.2) is 0 Å². The Bertz CT molecular complexity index is 103. The normalized spacial score (nSPS) is 13.8. The molecule has 2 N–H and O–H groups in total. The number of ether oxygens (including phenoxy) is 1. The molecule has 0 bridgehead atoms. The Morgan fingerprint density at radius 3 is 2.50 bits per heavy atom. The molecule has 12 heavy (non-hydrogen) atoms. The Morgan fingerprint density at radius 1 is 1.42 bits per heavy atom. The van der Waals surface area contributed by atoms with Crippen LogP contribution in [-0.4, -0.2) is 44.4 Å². The van der Waals surface area contributed by atoms with Crippen molar-refractivity contribution >= 4 is 0 Å². The maximum absolute atomic E-state index is 11.6. The van der Waals surface area contributed by atoms with Crippen LogP contribution in [0.2, 0.25) is 0 Å². The van der Waals surface area contributed by atoms with Crippen molar-refractivity contribution in [2.24, 2.45) is 0 Å². The largest absolute Gasteiger partial charge is 0.396 e. The van der Waals surface area contributed by atoms with Crippen molar-refractivity contribution in [3.05, 3.63) is 0 Å². The molecule has 1 unspecified atom stereocenters. The van der Waals surface area contributed by atoms with Crippen molar-refractivity contribution in [2.45, 2.75) is 18.9 Å². The molecule has 0 heterocycles. The lowest BCUT2D eigenvalue weighted by atomic mass is 10.2. The number of hydrogen-bond donors (Lipinski definition) is 2. The van der Waals surface area contributed by atoms with E-state index in [2.05, 4.69) is 10.1 Å². The van der Waals surface area contributed by atoms with Crippen molar-refractivity contribution in [1.29, 1.82) is 0 Å². The molecule has 0 saturated carbocycles. The molecule has 0 aromatic heterocycles. The summed E-state index contributed by atoms with van der Waals surface area (Å²) >= 11 is 0. The number of rotatable bonds is 7. The molecule has 0 amide bonds. The fourth-order valence-electron chi connectivity index (χ4n) is 0.766. The summed E-state index contributed by atoms with van der Waals surface area (Å²) in [6, 6.07) is -0.0475. The molecular weight excluding hydrogens is 168 g/mol. The summed E-state index contributed by atoms with van der Waals surface area (Å²) in [5.74, 6) is 0. The van der Waals surface area contributed by atoms with Gasteiger partial charge in [-0.15, -0.1) is 0 Å². The molecule has 3 nitrogen and oxygen atoms in total. The highest BCUT2D eigenvalue weighted by Crippen LogP contribution is 1.96. The quantitative estimate of drug-likeness (QED) is 0.594. The topological polar surface area (TPSA) is 41.5 Å². The van der Waals surface area contributed by atoms with Gasteiger partial charge in [0.25, 0.3) is 6.43 Å². The fourth-order valence-corrected chi connectivity index (χ4v) is 0.766. The first-order valence-corrected chi connectivity index (χ1v) is 3.84. The summed E-state index contributed by atoms with van der Waals surface area (Å²) in [5, 5.41) is 11.4. The second-order valence-electron chi connectivity index (χ2n) is 2.43. The number of hydrogen-bond acceptors (Lipinski definition) is 3. The zero-order valence-corrected chi connectivity index (χ0v) is 7.09. The molecule has 5 heteroatoms. The van der Waals surface area contributed by atoms with Gasteiger partial charge in [0.1, 0.15) is 6.61 Å². The number of likely N-dealkylation sites (N-methyl/N-ethyl adjacent to an activating group) is 1. The van der Waals surface area contributed by atoms with Gasteiger partial charge in [0.15, 0.2) is 0 Å². The van der Waals surface area contributed by atoms with E-state index in [1.54, 1.807) is 7.05 Å². The Labute approximate surface area is 70.7 Å². The predicted molar refractivity (Wildman–Crippen MR) is 41.4 cm³/mol. The van der Waals surface area contributed by atoms with Gasteiger partial charge in [-0.05, 0) is 13.5 Å². The third-order valence-corrected chi connectivity index (χ3v) is 1.45. The molecule has 1 atom stereocenters. The molecule has 0 saturated heterocycles. The second-order valence-corrected chi connectivity index (χ2v) is 2.43. The maximum Gasteiger partial charge on any atom is 0.261 e. The van der Waals surface area contributed by atoms with Crippen LogP contribution in [-0.2, 0) is 4.74 Å². The zero-order valence-electron chi connectivity index (χ0n) is 7.09. The third-order valence-electron chi connectivity index (χ3n) is 1.45. The van der Waals surface area contributed by atoms with Crippen molar-refractivity contribution in [1.82, 2.24) is 5.32 Å². The average molecular weight is 183 g/mol. The van der Waals surface area contributed by atoms with Gasteiger partial charge in [-0.1, -0.05) is 0 Å². The first-order chi connectivity index (χ1) is 5.70. The number of aliphatic hydroxyl groups is 1. The van der Waals surface area contributed by atoms with Crippen LogP contribution in [0.5, 0.6) is 0 Å². The monoisotopic (exact) mass is 183 g/mol. The molecule has 0 aromatic rings. The number of nitrogens with one attached hydrogen (secondary N) is 1.